The Bertz CT molecular complexity index is 363. The highest BCUT2D eigenvalue weighted by Gasteiger charge is 2.19. The van der Waals surface area contributed by atoms with Gasteiger partial charge in [-0.15, -0.1) is 0 Å². The van der Waals surface area contributed by atoms with Gasteiger partial charge in [-0.3, -0.25) is 4.90 Å². The summed E-state index contributed by atoms with van der Waals surface area (Å²) in [6, 6.07) is 11.5. The van der Waals surface area contributed by atoms with Crippen LogP contribution in [0.15, 0.2) is 30.3 Å². The lowest BCUT2D eigenvalue weighted by molar-refractivity contribution is 0.138. The number of rotatable bonds is 8. The number of benzene rings is 1. The molecular formula is C17H28N2O. The maximum absolute atomic E-state index is 5.26. The zero-order valence-electron chi connectivity index (χ0n) is 12.8. The number of hydrogen-bond donors (Lipinski definition) is 1. The Morgan fingerprint density at radius 1 is 1.35 bits per heavy atom. The van der Waals surface area contributed by atoms with E-state index in [1.807, 2.05) is 0 Å². The lowest BCUT2D eigenvalue weighted by atomic mass is 10.0. The van der Waals surface area contributed by atoms with Crippen molar-refractivity contribution in [2.24, 2.45) is 0 Å². The van der Waals surface area contributed by atoms with Crippen LogP contribution in [0.25, 0.3) is 0 Å². The van der Waals surface area contributed by atoms with E-state index >= 15 is 0 Å². The third-order valence-corrected chi connectivity index (χ3v) is 4.15. The van der Waals surface area contributed by atoms with Crippen LogP contribution in [0.5, 0.6) is 0 Å². The predicted octanol–water partition coefficient (Wildman–Crippen LogP) is 2.49. The van der Waals surface area contributed by atoms with E-state index in [1.54, 1.807) is 7.11 Å². The van der Waals surface area contributed by atoms with Crippen LogP contribution >= 0.6 is 0 Å². The van der Waals surface area contributed by atoms with Crippen LogP contribution in [0.2, 0.25) is 0 Å². The standard InChI is InChI=1S/C17H28N2O/c1-15(16-7-4-3-5-8-16)13-19(11-12-20-2)14-17-9-6-10-18-17/h3-5,7-8,15,17-18H,6,9-14H2,1-2H3. The van der Waals surface area contributed by atoms with E-state index in [4.69, 9.17) is 4.74 Å². The quantitative estimate of drug-likeness (QED) is 0.789. The summed E-state index contributed by atoms with van der Waals surface area (Å²) in [5.41, 5.74) is 1.43. The van der Waals surface area contributed by atoms with E-state index in [1.165, 1.54) is 24.9 Å². The molecule has 1 fully saturated rings. The van der Waals surface area contributed by atoms with Crippen LogP contribution in [0, 0.1) is 0 Å². The van der Waals surface area contributed by atoms with Gasteiger partial charge in [0.15, 0.2) is 0 Å². The highest BCUT2D eigenvalue weighted by molar-refractivity contribution is 5.19. The highest BCUT2D eigenvalue weighted by atomic mass is 16.5. The van der Waals surface area contributed by atoms with Crippen molar-refractivity contribution in [1.29, 1.82) is 0 Å². The van der Waals surface area contributed by atoms with Crippen LogP contribution < -0.4 is 5.32 Å². The molecule has 1 heterocycles. The molecule has 1 aromatic carbocycles. The minimum Gasteiger partial charge on any atom is -0.383 e. The predicted molar refractivity (Wildman–Crippen MR) is 84.2 cm³/mol. The molecule has 112 valence electrons. The molecule has 20 heavy (non-hydrogen) atoms. The van der Waals surface area contributed by atoms with Gasteiger partial charge in [0.1, 0.15) is 0 Å². The van der Waals surface area contributed by atoms with Gasteiger partial charge in [-0.2, -0.15) is 0 Å². The van der Waals surface area contributed by atoms with Gasteiger partial charge in [-0.1, -0.05) is 37.3 Å². The Labute approximate surface area is 123 Å². The van der Waals surface area contributed by atoms with E-state index < -0.39 is 0 Å². The zero-order valence-corrected chi connectivity index (χ0v) is 12.8. The molecule has 1 saturated heterocycles. The second-order valence-corrected chi connectivity index (χ2v) is 5.86. The number of nitrogens with zero attached hydrogens (tertiary/aromatic N) is 1. The van der Waals surface area contributed by atoms with Crippen molar-refractivity contribution >= 4 is 0 Å². The number of ether oxygens (including phenoxy) is 1. The second kappa shape index (κ2) is 8.40. The fraction of sp³-hybridized carbons (Fsp3) is 0.647. The molecule has 0 amide bonds. The molecule has 1 N–H and O–H groups in total. The number of nitrogens with one attached hydrogen (secondary N) is 1. The first-order valence-corrected chi connectivity index (χ1v) is 7.79. The maximum atomic E-state index is 5.26. The molecule has 2 rings (SSSR count). The Morgan fingerprint density at radius 2 is 2.15 bits per heavy atom. The maximum Gasteiger partial charge on any atom is 0.0589 e. The van der Waals surface area contributed by atoms with Gasteiger partial charge < -0.3 is 10.1 Å². The van der Waals surface area contributed by atoms with Gasteiger partial charge >= 0.3 is 0 Å². The molecule has 0 bridgehead atoms. The molecule has 3 heteroatoms. The van der Waals surface area contributed by atoms with Gasteiger partial charge in [0.25, 0.3) is 0 Å². The molecule has 0 aromatic heterocycles. The average molecular weight is 276 g/mol. The first-order chi connectivity index (χ1) is 9.79. The summed E-state index contributed by atoms with van der Waals surface area (Å²) in [5, 5.41) is 3.59. The molecule has 2 atom stereocenters. The van der Waals surface area contributed by atoms with Crippen molar-refractivity contribution < 1.29 is 4.74 Å². The summed E-state index contributed by atoms with van der Waals surface area (Å²) >= 11 is 0. The van der Waals surface area contributed by atoms with E-state index in [0.717, 1.165) is 26.2 Å². The molecule has 0 spiro atoms. The molecule has 0 radical (unpaired) electrons. The van der Waals surface area contributed by atoms with Crippen LogP contribution in [-0.2, 0) is 4.74 Å². The topological polar surface area (TPSA) is 24.5 Å². The highest BCUT2D eigenvalue weighted by Crippen LogP contribution is 2.17. The van der Waals surface area contributed by atoms with Crippen molar-refractivity contribution in [3.63, 3.8) is 0 Å². The summed E-state index contributed by atoms with van der Waals surface area (Å²) in [7, 11) is 1.78. The Morgan fingerprint density at radius 3 is 2.80 bits per heavy atom. The molecular weight excluding hydrogens is 248 g/mol. The first kappa shape index (κ1) is 15.5. The molecule has 1 aromatic rings. The smallest absolute Gasteiger partial charge is 0.0589 e. The molecule has 1 aliphatic heterocycles. The van der Waals surface area contributed by atoms with Crippen molar-refractivity contribution in [2.75, 3.05) is 39.9 Å². The minimum atomic E-state index is 0.564. The van der Waals surface area contributed by atoms with Crippen LogP contribution in [0.4, 0.5) is 0 Å². The van der Waals surface area contributed by atoms with Crippen molar-refractivity contribution in [3.8, 4) is 0 Å². The van der Waals surface area contributed by atoms with Crippen molar-refractivity contribution in [2.45, 2.75) is 31.7 Å². The summed E-state index contributed by atoms with van der Waals surface area (Å²) in [6.07, 6.45) is 2.63. The summed E-state index contributed by atoms with van der Waals surface area (Å²) in [5.74, 6) is 0.564. The third-order valence-electron chi connectivity index (χ3n) is 4.15. The lowest BCUT2D eigenvalue weighted by Gasteiger charge is -2.28. The normalized spacial score (nSPS) is 20.4. The fourth-order valence-electron chi connectivity index (χ4n) is 2.98. The van der Waals surface area contributed by atoms with Crippen LogP contribution in [0.3, 0.4) is 0 Å². The monoisotopic (exact) mass is 276 g/mol. The molecule has 0 aliphatic carbocycles. The molecule has 3 nitrogen and oxygen atoms in total. The van der Waals surface area contributed by atoms with Crippen LogP contribution in [-0.4, -0.2) is 50.8 Å². The first-order valence-electron chi connectivity index (χ1n) is 7.79. The molecule has 0 saturated carbocycles. The van der Waals surface area contributed by atoms with E-state index in [-0.39, 0.29) is 0 Å². The summed E-state index contributed by atoms with van der Waals surface area (Å²) < 4.78 is 5.26. The Kier molecular flexibility index (Phi) is 6.51. The van der Waals surface area contributed by atoms with E-state index in [0.29, 0.717) is 12.0 Å². The SMILES string of the molecule is COCCN(CC1CCCN1)CC(C)c1ccccc1. The zero-order chi connectivity index (χ0) is 14.2. The van der Waals surface area contributed by atoms with E-state index in [9.17, 15) is 0 Å². The minimum absolute atomic E-state index is 0.564. The van der Waals surface area contributed by atoms with Crippen molar-refractivity contribution in [1.82, 2.24) is 10.2 Å². The van der Waals surface area contributed by atoms with Gasteiger partial charge in [-0.05, 0) is 30.9 Å². The average Bonchev–Trinajstić information content (AvgIpc) is 2.98. The van der Waals surface area contributed by atoms with Gasteiger partial charge in [-0.25, -0.2) is 0 Å². The molecule has 2 unspecified atom stereocenters. The van der Waals surface area contributed by atoms with Crippen LogP contribution in [0.1, 0.15) is 31.2 Å². The van der Waals surface area contributed by atoms with Gasteiger partial charge in [0, 0.05) is 32.8 Å². The molecule has 1 aliphatic rings. The number of methoxy groups -OCH3 is 1. The number of hydrogen-bond acceptors (Lipinski definition) is 3. The Hall–Kier alpha value is -0.900. The Balaban J connectivity index is 1.88. The largest absolute Gasteiger partial charge is 0.383 e. The summed E-state index contributed by atoms with van der Waals surface area (Å²) in [4.78, 5) is 2.55. The summed E-state index contributed by atoms with van der Waals surface area (Å²) in [6.45, 7) is 7.57. The van der Waals surface area contributed by atoms with Gasteiger partial charge in [0.2, 0.25) is 0 Å². The third kappa shape index (κ3) is 4.89. The van der Waals surface area contributed by atoms with Gasteiger partial charge in [0.05, 0.1) is 6.61 Å². The van der Waals surface area contributed by atoms with E-state index in [2.05, 4.69) is 47.5 Å². The van der Waals surface area contributed by atoms with Crippen molar-refractivity contribution in [3.05, 3.63) is 35.9 Å². The second-order valence-electron chi connectivity index (χ2n) is 5.86. The lowest BCUT2D eigenvalue weighted by Crippen LogP contribution is -2.40. The fourth-order valence-corrected chi connectivity index (χ4v) is 2.98.